The molecule has 1 aromatic heterocycles. The topological polar surface area (TPSA) is 86.7 Å². The van der Waals surface area contributed by atoms with Crippen molar-refractivity contribution < 1.29 is 8.42 Å². The van der Waals surface area contributed by atoms with Gasteiger partial charge in [-0.2, -0.15) is 0 Å². The van der Waals surface area contributed by atoms with Gasteiger partial charge in [-0.15, -0.1) is 0 Å². The van der Waals surface area contributed by atoms with Crippen LogP contribution in [-0.4, -0.2) is 50.9 Å². The molecule has 0 aliphatic heterocycles. The average molecular weight is 375 g/mol. The van der Waals surface area contributed by atoms with Gasteiger partial charge in [-0.3, -0.25) is 9.98 Å². The minimum absolute atomic E-state index is 0.150. The fraction of sp³-hybridized carbons (Fsp3) is 0.333. The highest BCUT2D eigenvalue weighted by molar-refractivity contribution is 7.89. The first kappa shape index (κ1) is 19.9. The van der Waals surface area contributed by atoms with E-state index in [9.17, 15) is 8.42 Å². The summed E-state index contributed by atoms with van der Waals surface area (Å²) in [4.78, 5) is 10.5. The van der Waals surface area contributed by atoms with Crippen LogP contribution in [0.1, 0.15) is 12.5 Å². The molecule has 0 radical (unpaired) electrons. The van der Waals surface area contributed by atoms with Crippen LogP contribution < -0.4 is 10.0 Å². The van der Waals surface area contributed by atoms with Gasteiger partial charge in [0.15, 0.2) is 5.96 Å². The van der Waals surface area contributed by atoms with Gasteiger partial charge in [0, 0.05) is 39.1 Å². The fourth-order valence-corrected chi connectivity index (χ4v) is 3.32. The van der Waals surface area contributed by atoms with Crippen LogP contribution in [0.5, 0.6) is 0 Å². The van der Waals surface area contributed by atoms with Crippen LogP contribution >= 0.6 is 0 Å². The van der Waals surface area contributed by atoms with Gasteiger partial charge in [-0.25, -0.2) is 13.1 Å². The summed E-state index contributed by atoms with van der Waals surface area (Å²) < 4.78 is 26.8. The van der Waals surface area contributed by atoms with E-state index in [2.05, 4.69) is 32.1 Å². The molecule has 0 amide bonds. The van der Waals surface area contributed by atoms with E-state index >= 15 is 0 Å². The molecule has 0 saturated carbocycles. The predicted octanol–water partition coefficient (Wildman–Crippen LogP) is 1.46. The van der Waals surface area contributed by atoms with Crippen LogP contribution in [0.25, 0.3) is 0 Å². The van der Waals surface area contributed by atoms with E-state index in [0.29, 0.717) is 13.1 Å². The quantitative estimate of drug-likeness (QED) is 0.414. The zero-order chi connectivity index (χ0) is 18.8. The third-order valence-corrected chi connectivity index (χ3v) is 5.02. The monoisotopic (exact) mass is 375 g/mol. The van der Waals surface area contributed by atoms with Crippen molar-refractivity contribution in [1.29, 1.82) is 0 Å². The van der Waals surface area contributed by atoms with E-state index in [4.69, 9.17) is 0 Å². The second-order valence-corrected chi connectivity index (χ2v) is 7.43. The Kier molecular flexibility index (Phi) is 7.55. The predicted molar refractivity (Wildman–Crippen MR) is 103 cm³/mol. The van der Waals surface area contributed by atoms with Gasteiger partial charge in [0.1, 0.15) is 4.90 Å². The molecule has 0 unspecified atom stereocenters. The van der Waals surface area contributed by atoms with Crippen LogP contribution in [0, 0.1) is 0 Å². The van der Waals surface area contributed by atoms with Gasteiger partial charge in [-0.1, -0.05) is 30.3 Å². The van der Waals surface area contributed by atoms with E-state index in [-0.39, 0.29) is 11.4 Å². The molecule has 0 spiro atoms. The van der Waals surface area contributed by atoms with Crippen LogP contribution in [0.3, 0.4) is 0 Å². The van der Waals surface area contributed by atoms with Crippen LogP contribution in [-0.2, 0) is 16.6 Å². The first-order chi connectivity index (χ1) is 12.5. The van der Waals surface area contributed by atoms with E-state index in [1.807, 2.05) is 37.1 Å². The van der Waals surface area contributed by atoms with Crippen LogP contribution in [0.15, 0.2) is 64.7 Å². The van der Waals surface area contributed by atoms with Crippen molar-refractivity contribution in [2.45, 2.75) is 18.4 Å². The maximum Gasteiger partial charge on any atom is 0.242 e. The second-order valence-electron chi connectivity index (χ2n) is 5.66. The number of nitrogens with zero attached hydrogens (tertiary/aromatic N) is 3. The minimum atomic E-state index is -3.56. The lowest BCUT2D eigenvalue weighted by atomic mass is 10.2. The molecule has 1 heterocycles. The maximum atomic E-state index is 12.2. The summed E-state index contributed by atoms with van der Waals surface area (Å²) in [6, 6.07) is 13.2. The zero-order valence-electron chi connectivity index (χ0n) is 15.1. The van der Waals surface area contributed by atoms with Gasteiger partial charge in [0.25, 0.3) is 0 Å². The molecule has 7 nitrogen and oxygen atoms in total. The first-order valence-electron chi connectivity index (χ1n) is 8.46. The first-order valence-corrected chi connectivity index (χ1v) is 9.94. The lowest BCUT2D eigenvalue weighted by Crippen LogP contribution is -2.39. The standard InChI is InChI=1S/C18H25N5O2S/c1-3-20-18(23(2)15-16-8-5-4-6-9-16)21-12-13-22-26(24,25)17-10-7-11-19-14-17/h4-11,14,22H,3,12-13,15H2,1-2H3,(H,20,21). The Morgan fingerprint density at radius 3 is 2.62 bits per heavy atom. The summed E-state index contributed by atoms with van der Waals surface area (Å²) >= 11 is 0. The number of pyridine rings is 1. The third-order valence-electron chi connectivity index (χ3n) is 3.57. The Bertz CT molecular complexity index is 795. The summed E-state index contributed by atoms with van der Waals surface area (Å²) in [6.07, 6.45) is 2.86. The van der Waals surface area contributed by atoms with E-state index in [1.165, 1.54) is 24.0 Å². The molecule has 2 N–H and O–H groups in total. The number of sulfonamides is 1. The van der Waals surface area contributed by atoms with Gasteiger partial charge < -0.3 is 10.2 Å². The molecule has 0 bridgehead atoms. The zero-order valence-corrected chi connectivity index (χ0v) is 15.9. The number of nitrogens with one attached hydrogen (secondary N) is 2. The molecular weight excluding hydrogens is 350 g/mol. The highest BCUT2D eigenvalue weighted by atomic mass is 32.2. The molecule has 0 aliphatic carbocycles. The van der Waals surface area contributed by atoms with E-state index < -0.39 is 10.0 Å². The Morgan fingerprint density at radius 2 is 1.96 bits per heavy atom. The fourth-order valence-electron chi connectivity index (χ4n) is 2.33. The van der Waals surface area contributed by atoms with Crippen LogP contribution in [0.4, 0.5) is 0 Å². The Morgan fingerprint density at radius 1 is 1.19 bits per heavy atom. The van der Waals surface area contributed by atoms with Gasteiger partial charge >= 0.3 is 0 Å². The number of guanidine groups is 1. The molecule has 8 heteroatoms. The molecule has 140 valence electrons. The summed E-state index contributed by atoms with van der Waals surface area (Å²) in [5.74, 6) is 0.733. The molecule has 0 fully saturated rings. The molecule has 2 rings (SSSR count). The van der Waals surface area contributed by atoms with Crippen molar-refractivity contribution in [2.75, 3.05) is 26.7 Å². The van der Waals surface area contributed by atoms with Crippen molar-refractivity contribution in [3.63, 3.8) is 0 Å². The highest BCUT2D eigenvalue weighted by Gasteiger charge is 2.13. The minimum Gasteiger partial charge on any atom is -0.357 e. The summed E-state index contributed by atoms with van der Waals surface area (Å²) in [5.41, 5.74) is 1.18. The number of rotatable bonds is 8. The third kappa shape index (κ3) is 6.12. The van der Waals surface area contributed by atoms with Crippen molar-refractivity contribution >= 4 is 16.0 Å². The maximum absolute atomic E-state index is 12.2. The SMILES string of the molecule is CCNC(=NCCNS(=O)(=O)c1cccnc1)N(C)Cc1ccccc1. The summed E-state index contributed by atoms with van der Waals surface area (Å²) in [7, 11) is -1.60. The Balaban J connectivity index is 1.92. The number of aliphatic imine (C=N–C) groups is 1. The van der Waals surface area contributed by atoms with Crippen molar-refractivity contribution in [2.24, 2.45) is 4.99 Å². The molecule has 26 heavy (non-hydrogen) atoms. The number of aromatic nitrogens is 1. The van der Waals surface area contributed by atoms with Gasteiger partial charge in [-0.05, 0) is 24.6 Å². The number of hydrogen-bond acceptors (Lipinski definition) is 4. The number of hydrogen-bond donors (Lipinski definition) is 2. The summed E-state index contributed by atoms with van der Waals surface area (Å²) in [5, 5.41) is 3.22. The van der Waals surface area contributed by atoms with Crippen molar-refractivity contribution in [3.8, 4) is 0 Å². The molecule has 1 aromatic carbocycles. The Labute approximate surface area is 155 Å². The van der Waals surface area contributed by atoms with Gasteiger partial charge in [0.05, 0.1) is 6.54 Å². The van der Waals surface area contributed by atoms with E-state index in [0.717, 1.165) is 12.5 Å². The molecular formula is C18H25N5O2S. The molecule has 2 aromatic rings. The highest BCUT2D eigenvalue weighted by Crippen LogP contribution is 2.05. The Hall–Kier alpha value is -2.45. The molecule has 0 aliphatic rings. The second kappa shape index (κ2) is 9.88. The normalized spacial score (nSPS) is 12.0. The smallest absolute Gasteiger partial charge is 0.242 e. The molecule has 0 saturated heterocycles. The summed E-state index contributed by atoms with van der Waals surface area (Å²) in [6.45, 7) is 4.00. The molecule has 0 atom stereocenters. The van der Waals surface area contributed by atoms with Crippen molar-refractivity contribution in [1.82, 2.24) is 19.9 Å². The average Bonchev–Trinajstić information content (AvgIpc) is 2.65. The van der Waals surface area contributed by atoms with E-state index in [1.54, 1.807) is 6.07 Å². The largest absolute Gasteiger partial charge is 0.357 e. The lowest BCUT2D eigenvalue weighted by Gasteiger charge is -2.22. The number of benzene rings is 1. The van der Waals surface area contributed by atoms with Crippen LogP contribution in [0.2, 0.25) is 0 Å². The lowest BCUT2D eigenvalue weighted by molar-refractivity contribution is 0.477. The van der Waals surface area contributed by atoms with Gasteiger partial charge in [0.2, 0.25) is 10.0 Å². The van der Waals surface area contributed by atoms with Crippen molar-refractivity contribution in [3.05, 3.63) is 60.4 Å².